The van der Waals surface area contributed by atoms with E-state index in [0.717, 1.165) is 0 Å². The Hall–Kier alpha value is -1.10. The fraction of sp³-hybridized carbons (Fsp3) is 0.857. The molecule has 1 N–H and O–H groups in total. The number of aliphatic hydroxyl groups excluding tert-OH is 1. The Bertz CT molecular complexity index is 329. The molecule has 0 aromatic carbocycles. The van der Waals surface area contributed by atoms with Crippen LogP contribution in [-0.4, -0.2) is 35.9 Å². The Balaban J connectivity index is 5.16. The van der Waals surface area contributed by atoms with Crippen LogP contribution in [0.15, 0.2) is 0 Å². The molecule has 0 fully saturated rings. The lowest BCUT2D eigenvalue weighted by Gasteiger charge is -2.33. The van der Waals surface area contributed by atoms with E-state index in [-0.39, 0.29) is 5.92 Å². The zero-order chi connectivity index (χ0) is 15.4. The molecule has 0 heterocycles. The molecule has 5 nitrogen and oxygen atoms in total. The molecular formula is C14H26O5. The van der Waals surface area contributed by atoms with Crippen molar-refractivity contribution in [2.24, 2.45) is 11.3 Å². The molecule has 0 aromatic rings. The monoisotopic (exact) mass is 274 g/mol. The van der Waals surface area contributed by atoms with E-state index < -0.39 is 29.1 Å². The SMILES string of the molecule is COC(=O)[C@@](C)(CC(C)C)[C@@H](O)C(=O)OC(C)(C)C. The molecule has 5 heteroatoms. The van der Waals surface area contributed by atoms with Gasteiger partial charge >= 0.3 is 11.9 Å². The van der Waals surface area contributed by atoms with Crippen molar-refractivity contribution in [2.75, 3.05) is 7.11 Å². The average molecular weight is 274 g/mol. The van der Waals surface area contributed by atoms with Crippen molar-refractivity contribution in [3.8, 4) is 0 Å². The molecule has 0 saturated carbocycles. The van der Waals surface area contributed by atoms with Gasteiger partial charge in [-0.15, -0.1) is 0 Å². The number of aliphatic hydroxyl groups is 1. The van der Waals surface area contributed by atoms with Crippen LogP contribution in [0.2, 0.25) is 0 Å². The molecule has 0 aliphatic heterocycles. The third-order valence-electron chi connectivity index (χ3n) is 2.72. The Morgan fingerprint density at radius 3 is 1.95 bits per heavy atom. The number of hydrogen-bond acceptors (Lipinski definition) is 5. The smallest absolute Gasteiger partial charge is 0.336 e. The van der Waals surface area contributed by atoms with Crippen molar-refractivity contribution in [1.29, 1.82) is 0 Å². The zero-order valence-electron chi connectivity index (χ0n) is 12.9. The van der Waals surface area contributed by atoms with Crippen molar-refractivity contribution in [3.63, 3.8) is 0 Å². The number of esters is 2. The summed E-state index contributed by atoms with van der Waals surface area (Å²) >= 11 is 0. The van der Waals surface area contributed by atoms with Crippen LogP contribution in [-0.2, 0) is 19.1 Å². The van der Waals surface area contributed by atoms with Crippen LogP contribution in [0.25, 0.3) is 0 Å². The third-order valence-corrected chi connectivity index (χ3v) is 2.72. The first-order valence-electron chi connectivity index (χ1n) is 6.43. The summed E-state index contributed by atoms with van der Waals surface area (Å²) in [6.45, 7) is 10.4. The van der Waals surface area contributed by atoms with Crippen molar-refractivity contribution in [1.82, 2.24) is 0 Å². The maximum Gasteiger partial charge on any atom is 0.336 e. The summed E-state index contributed by atoms with van der Waals surface area (Å²) in [7, 11) is 1.24. The highest BCUT2D eigenvalue weighted by Crippen LogP contribution is 2.33. The highest BCUT2D eigenvalue weighted by atomic mass is 16.6. The normalized spacial score (nSPS) is 16.7. The molecular weight excluding hydrogens is 248 g/mol. The minimum atomic E-state index is -1.54. The number of carbonyl (C=O) groups is 2. The average Bonchev–Trinajstić information content (AvgIpc) is 2.23. The molecule has 112 valence electrons. The molecule has 0 aromatic heterocycles. The summed E-state index contributed by atoms with van der Waals surface area (Å²) in [6.07, 6.45) is -1.21. The molecule has 2 atom stereocenters. The van der Waals surface area contributed by atoms with Gasteiger partial charge in [-0.3, -0.25) is 4.79 Å². The summed E-state index contributed by atoms with van der Waals surface area (Å²) in [5.41, 5.74) is -2.02. The second-order valence-corrected chi connectivity index (χ2v) is 6.44. The van der Waals surface area contributed by atoms with Crippen LogP contribution < -0.4 is 0 Å². The minimum absolute atomic E-state index is 0.126. The van der Waals surface area contributed by atoms with Gasteiger partial charge in [0, 0.05) is 0 Å². The molecule has 0 spiro atoms. The number of rotatable bonds is 5. The van der Waals surface area contributed by atoms with Crippen LogP contribution in [0.5, 0.6) is 0 Å². The van der Waals surface area contributed by atoms with Crippen LogP contribution in [0.3, 0.4) is 0 Å². The van der Waals surface area contributed by atoms with E-state index in [1.807, 2.05) is 13.8 Å². The molecule has 0 aliphatic rings. The summed E-state index contributed by atoms with van der Waals surface area (Å²) in [6, 6.07) is 0. The standard InChI is InChI=1S/C14H26O5/c1-9(2)8-14(6,12(17)18-7)10(15)11(16)19-13(3,4)5/h9-10,15H,8H2,1-7H3/t10-,14-/m0/s1. The van der Waals surface area contributed by atoms with Crippen LogP contribution >= 0.6 is 0 Å². The van der Waals surface area contributed by atoms with Crippen molar-refractivity contribution in [3.05, 3.63) is 0 Å². The second-order valence-electron chi connectivity index (χ2n) is 6.44. The van der Waals surface area contributed by atoms with Crippen LogP contribution in [0.4, 0.5) is 0 Å². The summed E-state index contributed by atoms with van der Waals surface area (Å²) in [5, 5.41) is 10.2. The van der Waals surface area contributed by atoms with Gasteiger partial charge in [-0.05, 0) is 40.0 Å². The van der Waals surface area contributed by atoms with Gasteiger partial charge in [-0.2, -0.15) is 0 Å². The molecule has 0 amide bonds. The lowest BCUT2D eigenvalue weighted by molar-refractivity contribution is -0.182. The van der Waals surface area contributed by atoms with Crippen molar-refractivity contribution < 1.29 is 24.2 Å². The summed E-state index contributed by atoms with van der Waals surface area (Å²) in [4.78, 5) is 23.8. The van der Waals surface area contributed by atoms with E-state index in [0.29, 0.717) is 6.42 Å². The number of hydrogen-bond donors (Lipinski definition) is 1. The van der Waals surface area contributed by atoms with Crippen molar-refractivity contribution >= 4 is 11.9 Å². The van der Waals surface area contributed by atoms with Gasteiger partial charge in [-0.1, -0.05) is 13.8 Å². The van der Waals surface area contributed by atoms with Crippen LogP contribution in [0, 0.1) is 11.3 Å². The second kappa shape index (κ2) is 6.37. The van der Waals surface area contributed by atoms with Gasteiger partial charge in [-0.25, -0.2) is 4.79 Å². The molecule has 0 rings (SSSR count). The molecule has 0 bridgehead atoms. The maximum atomic E-state index is 11.9. The van der Waals surface area contributed by atoms with E-state index in [9.17, 15) is 14.7 Å². The number of methoxy groups -OCH3 is 1. The fourth-order valence-electron chi connectivity index (χ4n) is 2.01. The number of ether oxygens (including phenoxy) is 2. The van der Waals surface area contributed by atoms with Gasteiger partial charge in [0.25, 0.3) is 0 Å². The number of carbonyl (C=O) groups excluding carboxylic acids is 2. The fourth-order valence-corrected chi connectivity index (χ4v) is 2.01. The Labute approximate surface area is 115 Å². The molecule has 0 radical (unpaired) electrons. The molecule has 19 heavy (non-hydrogen) atoms. The van der Waals surface area contributed by atoms with Gasteiger partial charge in [0.1, 0.15) is 11.0 Å². The predicted molar refractivity (Wildman–Crippen MR) is 71.4 cm³/mol. The first-order valence-corrected chi connectivity index (χ1v) is 6.43. The van der Waals surface area contributed by atoms with Crippen LogP contribution in [0.1, 0.15) is 48.0 Å². The highest BCUT2D eigenvalue weighted by molar-refractivity contribution is 5.86. The summed E-state index contributed by atoms with van der Waals surface area (Å²) in [5.74, 6) is -1.29. The maximum absolute atomic E-state index is 11.9. The quantitative estimate of drug-likeness (QED) is 0.775. The topological polar surface area (TPSA) is 72.8 Å². The van der Waals surface area contributed by atoms with Gasteiger partial charge in [0.15, 0.2) is 6.10 Å². The van der Waals surface area contributed by atoms with Crippen molar-refractivity contribution in [2.45, 2.75) is 59.7 Å². The first-order chi connectivity index (χ1) is 8.44. The Morgan fingerprint density at radius 2 is 1.63 bits per heavy atom. The molecule has 0 saturated heterocycles. The molecule has 0 aliphatic carbocycles. The lowest BCUT2D eigenvalue weighted by Crippen LogP contribution is -2.48. The van der Waals surface area contributed by atoms with E-state index in [1.165, 1.54) is 14.0 Å². The Morgan fingerprint density at radius 1 is 1.16 bits per heavy atom. The Kier molecular flexibility index (Phi) is 6.00. The first kappa shape index (κ1) is 17.9. The van der Waals surface area contributed by atoms with Gasteiger partial charge in [0.2, 0.25) is 0 Å². The minimum Gasteiger partial charge on any atom is -0.469 e. The van der Waals surface area contributed by atoms with E-state index in [1.54, 1.807) is 20.8 Å². The largest absolute Gasteiger partial charge is 0.469 e. The van der Waals surface area contributed by atoms with E-state index in [4.69, 9.17) is 9.47 Å². The third kappa shape index (κ3) is 5.19. The lowest BCUT2D eigenvalue weighted by atomic mass is 9.77. The van der Waals surface area contributed by atoms with E-state index >= 15 is 0 Å². The van der Waals surface area contributed by atoms with Gasteiger partial charge < -0.3 is 14.6 Å². The molecule has 0 unspecified atom stereocenters. The predicted octanol–water partition coefficient (Wildman–Crippen LogP) is 1.91. The summed E-state index contributed by atoms with van der Waals surface area (Å²) < 4.78 is 9.84. The zero-order valence-corrected chi connectivity index (χ0v) is 12.9. The van der Waals surface area contributed by atoms with Gasteiger partial charge in [0.05, 0.1) is 7.11 Å². The highest BCUT2D eigenvalue weighted by Gasteiger charge is 2.47. The van der Waals surface area contributed by atoms with E-state index in [2.05, 4.69) is 0 Å².